The van der Waals surface area contributed by atoms with Crippen molar-refractivity contribution >= 4 is 11.6 Å². The van der Waals surface area contributed by atoms with Gasteiger partial charge in [0, 0.05) is 24.2 Å². The van der Waals surface area contributed by atoms with Gasteiger partial charge in [-0.15, -0.1) is 10.2 Å². The van der Waals surface area contributed by atoms with Crippen LogP contribution in [0.25, 0.3) is 16.8 Å². The van der Waals surface area contributed by atoms with E-state index < -0.39 is 0 Å². The van der Waals surface area contributed by atoms with Gasteiger partial charge in [0.2, 0.25) is 0 Å². The van der Waals surface area contributed by atoms with Crippen molar-refractivity contribution in [1.82, 2.24) is 30.1 Å². The molecule has 7 nitrogen and oxygen atoms in total. The Balaban J connectivity index is 1.52. The molecule has 3 aromatic heterocycles. The average Bonchev–Trinajstić information content (AvgIpc) is 3.10. The Morgan fingerprint density at radius 2 is 1.88 bits per heavy atom. The summed E-state index contributed by atoms with van der Waals surface area (Å²) in [5, 5.41) is 15.1. The zero-order valence-electron chi connectivity index (χ0n) is 13.2. The summed E-state index contributed by atoms with van der Waals surface area (Å²) in [6.45, 7) is 0.229. The smallest absolute Gasteiger partial charge is 0.253 e. The van der Waals surface area contributed by atoms with Crippen LogP contribution in [0.5, 0.6) is 0 Å². The molecule has 0 fully saturated rings. The molecule has 0 saturated carbocycles. The second-order valence-corrected chi connectivity index (χ2v) is 5.42. The Morgan fingerprint density at radius 1 is 1.00 bits per heavy atom. The molecule has 0 spiro atoms. The fourth-order valence-corrected chi connectivity index (χ4v) is 2.51. The molecule has 0 aliphatic rings. The van der Waals surface area contributed by atoms with E-state index in [4.69, 9.17) is 0 Å². The standard InChI is InChI=1S/C18H14N6O/c25-18(20-12-17-23-22-16-7-4-8-21-24(16)17)15-9-14(10-19-11-15)13-5-2-1-3-6-13/h1-11H,12H2,(H,20,25). The van der Waals surface area contributed by atoms with E-state index in [9.17, 15) is 4.79 Å². The molecule has 4 rings (SSSR count). The summed E-state index contributed by atoms with van der Waals surface area (Å²) in [7, 11) is 0. The highest BCUT2D eigenvalue weighted by Gasteiger charge is 2.11. The van der Waals surface area contributed by atoms with Gasteiger partial charge in [-0.3, -0.25) is 9.78 Å². The van der Waals surface area contributed by atoms with Gasteiger partial charge in [-0.2, -0.15) is 9.61 Å². The van der Waals surface area contributed by atoms with Gasteiger partial charge in [0.15, 0.2) is 11.5 Å². The molecule has 0 saturated heterocycles. The largest absolute Gasteiger partial charge is 0.345 e. The van der Waals surface area contributed by atoms with E-state index in [1.54, 1.807) is 35.2 Å². The van der Waals surface area contributed by atoms with E-state index in [0.29, 0.717) is 17.0 Å². The van der Waals surface area contributed by atoms with Crippen LogP contribution in [-0.2, 0) is 6.54 Å². The summed E-state index contributed by atoms with van der Waals surface area (Å²) in [6.07, 6.45) is 4.93. The van der Waals surface area contributed by atoms with Gasteiger partial charge in [0.25, 0.3) is 5.91 Å². The fourth-order valence-electron chi connectivity index (χ4n) is 2.51. The second kappa shape index (κ2) is 6.48. The third-order valence-electron chi connectivity index (χ3n) is 3.76. The lowest BCUT2D eigenvalue weighted by atomic mass is 10.1. The third-order valence-corrected chi connectivity index (χ3v) is 3.76. The number of fused-ring (bicyclic) bond motifs is 1. The lowest BCUT2D eigenvalue weighted by Crippen LogP contribution is -2.24. The molecule has 1 amide bonds. The van der Waals surface area contributed by atoms with Crippen molar-refractivity contribution in [2.75, 3.05) is 0 Å². The Morgan fingerprint density at radius 3 is 2.76 bits per heavy atom. The number of pyridine rings is 1. The topological polar surface area (TPSA) is 85.1 Å². The normalized spacial score (nSPS) is 10.7. The first-order valence-corrected chi connectivity index (χ1v) is 7.75. The Kier molecular flexibility index (Phi) is 3.88. The van der Waals surface area contributed by atoms with Crippen molar-refractivity contribution in [1.29, 1.82) is 0 Å². The van der Waals surface area contributed by atoms with Crippen molar-refractivity contribution in [3.05, 3.63) is 78.5 Å². The molecule has 7 heteroatoms. The maximum absolute atomic E-state index is 12.4. The van der Waals surface area contributed by atoms with Crippen LogP contribution in [0.4, 0.5) is 0 Å². The minimum absolute atomic E-state index is 0.224. The van der Waals surface area contributed by atoms with Crippen LogP contribution in [0.2, 0.25) is 0 Å². The zero-order valence-corrected chi connectivity index (χ0v) is 13.2. The lowest BCUT2D eigenvalue weighted by Gasteiger charge is -2.06. The molecule has 0 aliphatic heterocycles. The van der Waals surface area contributed by atoms with E-state index in [1.165, 1.54) is 0 Å². The summed E-state index contributed by atoms with van der Waals surface area (Å²) in [4.78, 5) is 16.6. The molecular formula is C18H14N6O. The number of amides is 1. The predicted molar refractivity (Wildman–Crippen MR) is 91.6 cm³/mol. The van der Waals surface area contributed by atoms with Gasteiger partial charge in [0.05, 0.1) is 12.1 Å². The maximum atomic E-state index is 12.4. The van der Waals surface area contributed by atoms with Crippen molar-refractivity contribution in [3.8, 4) is 11.1 Å². The highest BCUT2D eigenvalue weighted by molar-refractivity contribution is 5.94. The molecule has 1 N–H and O–H groups in total. The lowest BCUT2D eigenvalue weighted by molar-refractivity contribution is 0.0949. The molecule has 4 aromatic rings. The minimum atomic E-state index is -0.224. The molecular weight excluding hydrogens is 316 g/mol. The number of carbonyl (C=O) groups excluding carboxylic acids is 1. The SMILES string of the molecule is O=C(NCc1nnc2cccnn12)c1cncc(-c2ccccc2)c1. The molecule has 0 atom stereocenters. The summed E-state index contributed by atoms with van der Waals surface area (Å²) >= 11 is 0. The van der Waals surface area contributed by atoms with Gasteiger partial charge < -0.3 is 5.32 Å². The van der Waals surface area contributed by atoms with E-state index in [0.717, 1.165) is 11.1 Å². The summed E-state index contributed by atoms with van der Waals surface area (Å²) in [5.74, 6) is 0.342. The summed E-state index contributed by atoms with van der Waals surface area (Å²) < 4.78 is 1.60. The van der Waals surface area contributed by atoms with Crippen molar-refractivity contribution in [3.63, 3.8) is 0 Å². The first-order valence-electron chi connectivity index (χ1n) is 7.75. The molecule has 122 valence electrons. The van der Waals surface area contributed by atoms with Crippen LogP contribution in [-0.4, -0.2) is 30.7 Å². The number of benzene rings is 1. The Hall–Kier alpha value is -3.61. The number of nitrogens with zero attached hydrogens (tertiary/aromatic N) is 5. The van der Waals surface area contributed by atoms with Gasteiger partial charge >= 0.3 is 0 Å². The first-order chi connectivity index (χ1) is 12.3. The molecule has 3 heterocycles. The quantitative estimate of drug-likeness (QED) is 0.619. The number of aromatic nitrogens is 5. The van der Waals surface area contributed by atoms with Crippen LogP contribution in [0.1, 0.15) is 16.2 Å². The van der Waals surface area contributed by atoms with Crippen LogP contribution in [0, 0.1) is 0 Å². The second-order valence-electron chi connectivity index (χ2n) is 5.42. The van der Waals surface area contributed by atoms with Crippen molar-refractivity contribution in [2.24, 2.45) is 0 Å². The minimum Gasteiger partial charge on any atom is -0.345 e. The number of hydrogen-bond donors (Lipinski definition) is 1. The monoisotopic (exact) mass is 330 g/mol. The molecule has 25 heavy (non-hydrogen) atoms. The van der Waals surface area contributed by atoms with Gasteiger partial charge in [-0.1, -0.05) is 30.3 Å². The van der Waals surface area contributed by atoms with E-state index in [2.05, 4.69) is 25.6 Å². The number of carbonyl (C=O) groups is 1. The summed E-state index contributed by atoms with van der Waals surface area (Å²) in [6, 6.07) is 15.2. The van der Waals surface area contributed by atoms with Crippen molar-refractivity contribution in [2.45, 2.75) is 6.54 Å². The van der Waals surface area contributed by atoms with Crippen LogP contribution in [0.3, 0.4) is 0 Å². The molecule has 0 bridgehead atoms. The highest BCUT2D eigenvalue weighted by Crippen LogP contribution is 2.18. The maximum Gasteiger partial charge on any atom is 0.253 e. The third kappa shape index (κ3) is 3.07. The van der Waals surface area contributed by atoms with Gasteiger partial charge in [-0.05, 0) is 23.8 Å². The fraction of sp³-hybridized carbons (Fsp3) is 0.0556. The Bertz CT molecular complexity index is 1030. The zero-order chi connectivity index (χ0) is 17.1. The Labute approximate surface area is 143 Å². The number of rotatable bonds is 4. The molecule has 0 aliphatic carbocycles. The predicted octanol–water partition coefficient (Wildman–Crippen LogP) is 2.12. The van der Waals surface area contributed by atoms with Crippen LogP contribution >= 0.6 is 0 Å². The highest BCUT2D eigenvalue weighted by atomic mass is 16.1. The number of hydrogen-bond acceptors (Lipinski definition) is 5. The average molecular weight is 330 g/mol. The van der Waals surface area contributed by atoms with Gasteiger partial charge in [0.1, 0.15) is 0 Å². The van der Waals surface area contributed by atoms with Crippen molar-refractivity contribution < 1.29 is 4.79 Å². The number of nitrogens with one attached hydrogen (secondary N) is 1. The molecule has 0 radical (unpaired) electrons. The van der Waals surface area contributed by atoms with E-state index in [1.807, 2.05) is 36.4 Å². The van der Waals surface area contributed by atoms with E-state index >= 15 is 0 Å². The summed E-state index contributed by atoms with van der Waals surface area (Å²) in [5.41, 5.74) is 3.03. The first kappa shape index (κ1) is 14.9. The van der Waals surface area contributed by atoms with E-state index in [-0.39, 0.29) is 12.5 Å². The van der Waals surface area contributed by atoms with Crippen LogP contribution < -0.4 is 5.32 Å². The molecule has 0 unspecified atom stereocenters. The van der Waals surface area contributed by atoms with Crippen LogP contribution in [0.15, 0.2) is 67.1 Å². The molecule has 1 aromatic carbocycles. The van der Waals surface area contributed by atoms with Gasteiger partial charge in [-0.25, -0.2) is 0 Å².